The molecule has 0 saturated carbocycles. The molecule has 0 bridgehead atoms. The smallest absolute Gasteiger partial charge is 0.315 e. The predicted molar refractivity (Wildman–Crippen MR) is 63.0 cm³/mol. The monoisotopic (exact) mass is 254 g/mol. The summed E-state index contributed by atoms with van der Waals surface area (Å²) in [6.07, 6.45) is 1.41. The minimum atomic E-state index is -1.40. The van der Waals surface area contributed by atoms with E-state index in [1.807, 2.05) is 0 Å². The van der Waals surface area contributed by atoms with Crippen molar-refractivity contribution in [3.8, 4) is 11.5 Å². The van der Waals surface area contributed by atoms with Gasteiger partial charge in [0.2, 0.25) is 5.43 Å². The second kappa shape index (κ2) is 4.31. The molecular formula is C11H10O5S. The van der Waals surface area contributed by atoms with E-state index in [0.717, 1.165) is 6.07 Å². The number of rotatable bonds is 2. The number of phenolic OH excluding ortho intramolecular Hbond substituents is 1. The summed E-state index contributed by atoms with van der Waals surface area (Å²) < 4.78 is 21.5. The Morgan fingerprint density at radius 2 is 2.12 bits per heavy atom. The van der Waals surface area contributed by atoms with E-state index in [0.29, 0.717) is 5.75 Å². The molecular weight excluding hydrogens is 244 g/mol. The third kappa shape index (κ3) is 2.09. The molecule has 0 amide bonds. The van der Waals surface area contributed by atoms with Crippen molar-refractivity contribution in [3.63, 3.8) is 0 Å². The first kappa shape index (κ1) is 11.8. The number of aromatic hydroxyl groups is 1. The van der Waals surface area contributed by atoms with Gasteiger partial charge in [0.1, 0.15) is 23.1 Å². The fourth-order valence-electron chi connectivity index (χ4n) is 1.48. The Hall–Kier alpha value is -1.66. The summed E-state index contributed by atoms with van der Waals surface area (Å²) in [6, 6.07) is 3.90. The van der Waals surface area contributed by atoms with Gasteiger partial charge in [0.25, 0.3) is 0 Å². The Morgan fingerprint density at radius 1 is 1.41 bits per heavy atom. The van der Waals surface area contributed by atoms with Crippen molar-refractivity contribution in [1.29, 1.82) is 0 Å². The molecule has 0 spiro atoms. The van der Waals surface area contributed by atoms with Gasteiger partial charge in [-0.15, -0.1) is 0 Å². The van der Waals surface area contributed by atoms with Crippen molar-refractivity contribution in [1.82, 2.24) is 0 Å². The maximum Gasteiger partial charge on any atom is 0.315 e. The van der Waals surface area contributed by atoms with Crippen LogP contribution in [-0.4, -0.2) is 23.0 Å². The third-order valence-corrected chi connectivity index (χ3v) is 3.05. The molecule has 1 unspecified atom stereocenters. The van der Waals surface area contributed by atoms with Crippen LogP contribution in [0.1, 0.15) is 0 Å². The Kier molecular flexibility index (Phi) is 2.99. The third-order valence-electron chi connectivity index (χ3n) is 2.28. The van der Waals surface area contributed by atoms with Crippen LogP contribution in [0.15, 0.2) is 32.5 Å². The van der Waals surface area contributed by atoms with E-state index >= 15 is 0 Å². The first-order valence-electron chi connectivity index (χ1n) is 4.71. The highest BCUT2D eigenvalue weighted by Gasteiger charge is 2.15. The second-order valence-corrected chi connectivity index (χ2v) is 4.71. The molecule has 1 aromatic heterocycles. The van der Waals surface area contributed by atoms with Crippen LogP contribution < -0.4 is 10.2 Å². The Bertz CT molecular complexity index is 617. The summed E-state index contributed by atoms with van der Waals surface area (Å²) >= 11 is -1.40. The van der Waals surface area contributed by atoms with Gasteiger partial charge in [-0.2, -0.15) is 0 Å². The van der Waals surface area contributed by atoms with E-state index in [-0.39, 0.29) is 21.8 Å². The van der Waals surface area contributed by atoms with Crippen LogP contribution in [-0.2, 0) is 11.2 Å². The lowest BCUT2D eigenvalue weighted by molar-refractivity contribution is 0.405. The summed E-state index contributed by atoms with van der Waals surface area (Å²) in [5.74, 6) is 0.138. The number of hydrogen-bond donors (Lipinski definition) is 1. The lowest BCUT2D eigenvalue weighted by atomic mass is 10.2. The van der Waals surface area contributed by atoms with Crippen molar-refractivity contribution in [2.24, 2.45) is 0 Å². The molecule has 0 aliphatic heterocycles. The van der Waals surface area contributed by atoms with Crippen LogP contribution in [0.3, 0.4) is 0 Å². The van der Waals surface area contributed by atoms with E-state index < -0.39 is 16.6 Å². The lowest BCUT2D eigenvalue weighted by Gasteiger charge is -2.06. The summed E-state index contributed by atoms with van der Waals surface area (Å²) in [5.41, 5.74) is -0.281. The van der Waals surface area contributed by atoms with Crippen LogP contribution in [0, 0.1) is 0 Å². The van der Waals surface area contributed by atoms with Crippen LogP contribution in [0.4, 0.5) is 0 Å². The van der Waals surface area contributed by atoms with E-state index in [2.05, 4.69) is 0 Å². The van der Waals surface area contributed by atoms with Crippen LogP contribution >= 0.6 is 0 Å². The zero-order valence-electron chi connectivity index (χ0n) is 9.22. The molecule has 5 nitrogen and oxygen atoms in total. The van der Waals surface area contributed by atoms with Crippen LogP contribution in [0.25, 0.3) is 11.0 Å². The maximum absolute atomic E-state index is 11.7. The highest BCUT2D eigenvalue weighted by molar-refractivity contribution is 7.90. The summed E-state index contributed by atoms with van der Waals surface area (Å²) in [4.78, 5) is 11.7. The maximum atomic E-state index is 11.7. The zero-order chi connectivity index (χ0) is 12.6. The summed E-state index contributed by atoms with van der Waals surface area (Å²) in [5, 5.41) is 9.80. The average molecular weight is 254 g/mol. The van der Waals surface area contributed by atoms with Gasteiger partial charge in [0, 0.05) is 23.3 Å². The normalized spacial score (nSPS) is 12.6. The minimum absolute atomic E-state index is 0.0556. The van der Waals surface area contributed by atoms with Gasteiger partial charge >= 0.3 is 5.09 Å². The van der Waals surface area contributed by atoms with Gasteiger partial charge < -0.3 is 18.8 Å². The molecule has 0 aliphatic carbocycles. The standard InChI is InChI=1S/C11H10O5S/c1-15-6-3-7(12)11-8(13)5-10(17(2)14)16-9(11)4-6/h3-5,12H,1-2H3. The lowest BCUT2D eigenvalue weighted by Crippen LogP contribution is -2.06. The van der Waals surface area contributed by atoms with Gasteiger partial charge in [-0.25, -0.2) is 0 Å². The molecule has 1 aromatic carbocycles. The van der Waals surface area contributed by atoms with Crippen molar-refractivity contribution < 1.29 is 18.8 Å². The van der Waals surface area contributed by atoms with Crippen molar-refractivity contribution in [2.45, 2.75) is 5.09 Å². The molecule has 2 rings (SSSR count). The largest absolute Gasteiger partial charge is 0.609 e. The van der Waals surface area contributed by atoms with Crippen molar-refractivity contribution >= 4 is 22.1 Å². The van der Waals surface area contributed by atoms with Crippen LogP contribution in [0.2, 0.25) is 0 Å². The molecule has 1 N–H and O–H groups in total. The van der Waals surface area contributed by atoms with Gasteiger partial charge in [0.05, 0.1) is 13.2 Å². The molecule has 90 valence electrons. The fraction of sp³-hybridized carbons (Fsp3) is 0.182. The Balaban J connectivity index is 2.82. The van der Waals surface area contributed by atoms with E-state index in [9.17, 15) is 14.5 Å². The molecule has 0 aliphatic rings. The van der Waals surface area contributed by atoms with E-state index in [1.165, 1.54) is 25.5 Å². The Morgan fingerprint density at radius 3 is 2.71 bits per heavy atom. The molecule has 1 heterocycles. The van der Waals surface area contributed by atoms with Crippen molar-refractivity contribution in [3.05, 3.63) is 28.4 Å². The van der Waals surface area contributed by atoms with Gasteiger partial charge in [-0.05, 0) is 0 Å². The molecule has 0 saturated heterocycles. The number of methoxy groups -OCH3 is 1. The number of phenols is 1. The number of hydrogen-bond acceptors (Lipinski definition) is 5. The summed E-state index contributed by atoms with van der Waals surface area (Å²) in [7, 11) is 1.43. The first-order valence-corrected chi connectivity index (χ1v) is 6.27. The minimum Gasteiger partial charge on any atom is -0.609 e. The topological polar surface area (TPSA) is 82.7 Å². The number of fused-ring (bicyclic) bond motifs is 1. The highest BCUT2D eigenvalue weighted by atomic mass is 32.2. The first-order chi connectivity index (χ1) is 8.02. The SMILES string of the molecule is COc1cc(O)c2c(=O)cc([S+](C)[O-])oc2c1. The second-order valence-electron chi connectivity index (χ2n) is 3.40. The summed E-state index contributed by atoms with van der Waals surface area (Å²) in [6.45, 7) is 0. The van der Waals surface area contributed by atoms with E-state index in [4.69, 9.17) is 9.15 Å². The van der Waals surface area contributed by atoms with Gasteiger partial charge in [-0.3, -0.25) is 4.79 Å². The van der Waals surface area contributed by atoms with E-state index in [1.54, 1.807) is 0 Å². The molecule has 6 heteroatoms. The molecule has 0 radical (unpaired) electrons. The molecule has 0 fully saturated rings. The molecule has 17 heavy (non-hydrogen) atoms. The number of ether oxygens (including phenoxy) is 1. The highest BCUT2D eigenvalue weighted by Crippen LogP contribution is 2.29. The Labute approximate surface area is 99.8 Å². The quantitative estimate of drug-likeness (QED) is 0.815. The number of benzene rings is 1. The van der Waals surface area contributed by atoms with Crippen LogP contribution in [0.5, 0.6) is 11.5 Å². The van der Waals surface area contributed by atoms with Crippen molar-refractivity contribution in [2.75, 3.05) is 13.4 Å². The van der Waals surface area contributed by atoms with Gasteiger partial charge in [-0.1, -0.05) is 0 Å². The fourth-order valence-corrected chi connectivity index (χ4v) is 1.96. The average Bonchev–Trinajstić information content (AvgIpc) is 2.27. The molecule has 2 aromatic rings. The van der Waals surface area contributed by atoms with Gasteiger partial charge in [0.15, 0.2) is 5.58 Å². The molecule has 1 atom stereocenters. The zero-order valence-corrected chi connectivity index (χ0v) is 10.0. The predicted octanol–water partition coefficient (Wildman–Crippen LogP) is 1.24.